The Balaban J connectivity index is 1.57. The molecule has 0 radical (unpaired) electrons. The van der Waals surface area contributed by atoms with Crippen LogP contribution in [0.4, 0.5) is 11.4 Å². The van der Waals surface area contributed by atoms with Gasteiger partial charge in [-0.1, -0.05) is 12.1 Å². The number of nitrogens with zero attached hydrogens (tertiary/aromatic N) is 2. The number of methoxy groups -OCH3 is 1. The third-order valence-electron chi connectivity index (χ3n) is 4.77. The zero-order valence-electron chi connectivity index (χ0n) is 15.9. The number of carbonyl (C=O) groups excluding carboxylic acids is 2. The molecule has 142 valence electrons. The molecule has 1 aliphatic rings. The molecule has 2 amide bonds. The molecular formula is C21H25N3O3. The van der Waals surface area contributed by atoms with Crippen LogP contribution in [0.5, 0.6) is 5.75 Å². The van der Waals surface area contributed by atoms with Gasteiger partial charge in [0.2, 0.25) is 11.8 Å². The van der Waals surface area contributed by atoms with Crippen LogP contribution in [0.25, 0.3) is 0 Å². The van der Waals surface area contributed by atoms with Crippen LogP contribution in [0, 0.1) is 5.92 Å². The van der Waals surface area contributed by atoms with Crippen molar-refractivity contribution in [3.8, 4) is 5.75 Å². The Labute approximate surface area is 159 Å². The standard InChI is InChI=1S/C21H25N3O3/c1-23(2)18-8-6-17(7-9-18)22-21(26)16-12-20(25)24(14-16)13-15-4-10-19(27-3)11-5-15/h4-11,16H,12-14H2,1-3H3,(H,22,26). The van der Waals surface area contributed by atoms with Gasteiger partial charge in [-0.05, 0) is 42.0 Å². The number of likely N-dealkylation sites (tertiary alicyclic amines) is 1. The zero-order chi connectivity index (χ0) is 19.4. The second-order valence-corrected chi connectivity index (χ2v) is 6.95. The number of nitrogens with one attached hydrogen (secondary N) is 1. The van der Waals surface area contributed by atoms with Gasteiger partial charge in [0, 0.05) is 45.0 Å². The highest BCUT2D eigenvalue weighted by molar-refractivity contribution is 5.97. The minimum absolute atomic E-state index is 0.00826. The van der Waals surface area contributed by atoms with Crippen molar-refractivity contribution in [2.45, 2.75) is 13.0 Å². The lowest BCUT2D eigenvalue weighted by molar-refractivity contribution is -0.128. The molecule has 1 aliphatic heterocycles. The number of hydrogen-bond donors (Lipinski definition) is 1. The Kier molecular flexibility index (Phi) is 5.64. The number of anilines is 2. The van der Waals surface area contributed by atoms with E-state index in [0.29, 0.717) is 13.1 Å². The summed E-state index contributed by atoms with van der Waals surface area (Å²) < 4.78 is 5.15. The van der Waals surface area contributed by atoms with Gasteiger partial charge in [0.25, 0.3) is 0 Å². The van der Waals surface area contributed by atoms with Gasteiger partial charge in [0.05, 0.1) is 13.0 Å². The van der Waals surface area contributed by atoms with Crippen LogP contribution in [0.2, 0.25) is 0 Å². The van der Waals surface area contributed by atoms with E-state index in [1.54, 1.807) is 12.0 Å². The highest BCUT2D eigenvalue weighted by Crippen LogP contribution is 2.23. The average molecular weight is 367 g/mol. The fraction of sp³-hybridized carbons (Fsp3) is 0.333. The van der Waals surface area contributed by atoms with Gasteiger partial charge in [0.1, 0.15) is 5.75 Å². The number of amides is 2. The monoisotopic (exact) mass is 367 g/mol. The smallest absolute Gasteiger partial charge is 0.229 e. The molecule has 6 heteroatoms. The molecule has 0 spiro atoms. The molecule has 1 saturated heterocycles. The first kappa shape index (κ1) is 18.8. The van der Waals surface area contributed by atoms with E-state index in [0.717, 1.165) is 22.7 Å². The molecule has 1 unspecified atom stereocenters. The van der Waals surface area contributed by atoms with Crippen molar-refractivity contribution >= 4 is 23.2 Å². The summed E-state index contributed by atoms with van der Waals surface area (Å²) in [7, 11) is 5.56. The molecule has 2 aromatic carbocycles. The first-order valence-corrected chi connectivity index (χ1v) is 8.95. The molecule has 1 atom stereocenters. The number of carbonyl (C=O) groups is 2. The molecule has 6 nitrogen and oxygen atoms in total. The summed E-state index contributed by atoms with van der Waals surface area (Å²) >= 11 is 0. The second kappa shape index (κ2) is 8.12. The van der Waals surface area contributed by atoms with Crippen LogP contribution in [-0.2, 0) is 16.1 Å². The Morgan fingerprint density at radius 3 is 2.41 bits per heavy atom. The molecule has 2 aromatic rings. The molecule has 1 fully saturated rings. The number of ether oxygens (including phenoxy) is 1. The summed E-state index contributed by atoms with van der Waals surface area (Å²) in [5.41, 5.74) is 2.82. The maximum Gasteiger partial charge on any atom is 0.229 e. The van der Waals surface area contributed by atoms with Gasteiger partial charge < -0.3 is 19.9 Å². The molecule has 1 N–H and O–H groups in total. The van der Waals surface area contributed by atoms with Crippen molar-refractivity contribution < 1.29 is 14.3 Å². The molecule has 0 bridgehead atoms. The summed E-state index contributed by atoms with van der Waals surface area (Å²) in [6.07, 6.45) is 0.248. The summed E-state index contributed by atoms with van der Waals surface area (Å²) in [6, 6.07) is 15.3. The SMILES string of the molecule is COc1ccc(CN2CC(C(=O)Nc3ccc(N(C)C)cc3)CC2=O)cc1. The largest absolute Gasteiger partial charge is 0.497 e. The second-order valence-electron chi connectivity index (χ2n) is 6.95. The van der Waals surface area contributed by atoms with Gasteiger partial charge in [-0.25, -0.2) is 0 Å². The van der Waals surface area contributed by atoms with Gasteiger partial charge in [-0.2, -0.15) is 0 Å². The Morgan fingerprint density at radius 1 is 1.15 bits per heavy atom. The number of benzene rings is 2. The molecular weight excluding hydrogens is 342 g/mol. The van der Waals surface area contributed by atoms with E-state index in [-0.39, 0.29) is 24.2 Å². The third kappa shape index (κ3) is 4.58. The molecule has 1 heterocycles. The Morgan fingerprint density at radius 2 is 1.81 bits per heavy atom. The van der Waals surface area contributed by atoms with Crippen molar-refractivity contribution in [3.05, 3.63) is 54.1 Å². The lowest BCUT2D eigenvalue weighted by Crippen LogP contribution is -2.28. The van der Waals surface area contributed by atoms with Crippen molar-refractivity contribution in [2.75, 3.05) is 38.0 Å². The van der Waals surface area contributed by atoms with Crippen LogP contribution in [-0.4, -0.2) is 44.5 Å². The minimum Gasteiger partial charge on any atom is -0.497 e. The van der Waals surface area contributed by atoms with E-state index in [1.807, 2.05) is 67.5 Å². The fourth-order valence-electron chi connectivity index (χ4n) is 3.14. The quantitative estimate of drug-likeness (QED) is 0.853. The first-order valence-electron chi connectivity index (χ1n) is 8.95. The van der Waals surface area contributed by atoms with Crippen molar-refractivity contribution in [3.63, 3.8) is 0 Å². The molecule has 3 rings (SSSR count). The average Bonchev–Trinajstić information content (AvgIpc) is 3.03. The van der Waals surface area contributed by atoms with E-state index in [4.69, 9.17) is 4.74 Å². The third-order valence-corrected chi connectivity index (χ3v) is 4.77. The Bertz CT molecular complexity index is 800. The fourth-order valence-corrected chi connectivity index (χ4v) is 3.14. The van der Waals surface area contributed by atoms with Crippen LogP contribution < -0.4 is 15.0 Å². The van der Waals surface area contributed by atoms with E-state index >= 15 is 0 Å². The van der Waals surface area contributed by atoms with Gasteiger partial charge in [0.15, 0.2) is 0 Å². The lowest BCUT2D eigenvalue weighted by atomic mass is 10.1. The topological polar surface area (TPSA) is 61.9 Å². The van der Waals surface area contributed by atoms with E-state index in [2.05, 4.69) is 5.32 Å². The highest BCUT2D eigenvalue weighted by atomic mass is 16.5. The maximum atomic E-state index is 12.5. The molecule has 0 aliphatic carbocycles. The first-order chi connectivity index (χ1) is 13.0. The van der Waals surface area contributed by atoms with Crippen LogP contribution >= 0.6 is 0 Å². The van der Waals surface area contributed by atoms with Crippen LogP contribution in [0.15, 0.2) is 48.5 Å². The van der Waals surface area contributed by atoms with Gasteiger partial charge in [-0.15, -0.1) is 0 Å². The van der Waals surface area contributed by atoms with Crippen molar-refractivity contribution in [2.24, 2.45) is 5.92 Å². The van der Waals surface area contributed by atoms with Crippen molar-refractivity contribution in [1.82, 2.24) is 4.90 Å². The van der Waals surface area contributed by atoms with Gasteiger partial charge in [-0.3, -0.25) is 9.59 Å². The summed E-state index contributed by atoms with van der Waals surface area (Å²) in [4.78, 5) is 28.6. The number of hydrogen-bond acceptors (Lipinski definition) is 4. The van der Waals surface area contributed by atoms with Crippen molar-refractivity contribution in [1.29, 1.82) is 0 Å². The summed E-state index contributed by atoms with van der Waals surface area (Å²) in [5.74, 6) is 0.348. The van der Waals surface area contributed by atoms with Crippen LogP contribution in [0.1, 0.15) is 12.0 Å². The Hall–Kier alpha value is -3.02. The van der Waals surface area contributed by atoms with E-state index in [1.165, 1.54) is 0 Å². The van der Waals surface area contributed by atoms with Crippen LogP contribution in [0.3, 0.4) is 0 Å². The normalized spacial score (nSPS) is 16.3. The zero-order valence-corrected chi connectivity index (χ0v) is 15.9. The lowest BCUT2D eigenvalue weighted by Gasteiger charge is -2.17. The summed E-state index contributed by atoms with van der Waals surface area (Å²) in [5, 5.41) is 2.92. The minimum atomic E-state index is -0.329. The van der Waals surface area contributed by atoms with Gasteiger partial charge >= 0.3 is 0 Å². The number of rotatable bonds is 6. The highest BCUT2D eigenvalue weighted by Gasteiger charge is 2.34. The predicted octanol–water partition coefficient (Wildman–Crippen LogP) is 2.75. The van der Waals surface area contributed by atoms with E-state index in [9.17, 15) is 9.59 Å². The molecule has 0 aromatic heterocycles. The summed E-state index contributed by atoms with van der Waals surface area (Å²) in [6.45, 7) is 0.941. The molecule has 27 heavy (non-hydrogen) atoms. The van der Waals surface area contributed by atoms with E-state index < -0.39 is 0 Å². The predicted molar refractivity (Wildman–Crippen MR) is 106 cm³/mol. The maximum absolute atomic E-state index is 12.5. The molecule has 0 saturated carbocycles.